The Morgan fingerprint density at radius 1 is 1.00 bits per heavy atom. The van der Waals surface area contributed by atoms with Gasteiger partial charge in [-0.25, -0.2) is 9.67 Å². The standard InChI is InChI=1S/C21H29N5O2/c27-20-17-13-22-26(14-7-2-3-8-14)19(17)23-18(24-20)15-9-6-10-16(15)21(28)25-11-4-1-5-12-25/h13-16H,1-12H2,(H,23,24,27)/t15?,16-/m0/s1. The van der Waals surface area contributed by atoms with E-state index in [-0.39, 0.29) is 23.3 Å². The molecule has 2 aliphatic carbocycles. The lowest BCUT2D eigenvalue weighted by atomic mass is 9.93. The third kappa shape index (κ3) is 3.05. The molecule has 0 aromatic carbocycles. The molecule has 5 rings (SSSR count). The summed E-state index contributed by atoms with van der Waals surface area (Å²) < 4.78 is 1.96. The molecule has 7 nitrogen and oxygen atoms in total. The summed E-state index contributed by atoms with van der Waals surface area (Å²) in [6.45, 7) is 1.75. The molecule has 1 N–H and O–H groups in total. The minimum Gasteiger partial charge on any atom is -0.342 e. The van der Waals surface area contributed by atoms with Gasteiger partial charge >= 0.3 is 0 Å². The van der Waals surface area contributed by atoms with Gasteiger partial charge in [0.1, 0.15) is 11.2 Å². The second-order valence-electron chi connectivity index (χ2n) is 8.75. The van der Waals surface area contributed by atoms with Gasteiger partial charge in [0.05, 0.1) is 12.2 Å². The number of H-pyrrole nitrogens is 1. The predicted octanol–water partition coefficient (Wildman–Crippen LogP) is 3.13. The number of aromatic amines is 1. The van der Waals surface area contributed by atoms with Gasteiger partial charge in [-0.15, -0.1) is 0 Å². The first-order valence-corrected chi connectivity index (χ1v) is 11.0. The average molecular weight is 383 g/mol. The Morgan fingerprint density at radius 3 is 2.57 bits per heavy atom. The van der Waals surface area contributed by atoms with Crippen molar-refractivity contribution < 1.29 is 4.79 Å². The average Bonchev–Trinajstić information content (AvgIpc) is 3.47. The van der Waals surface area contributed by atoms with E-state index < -0.39 is 0 Å². The molecule has 2 aromatic heterocycles. The van der Waals surface area contributed by atoms with E-state index in [2.05, 4.69) is 10.1 Å². The highest BCUT2D eigenvalue weighted by Gasteiger charge is 2.38. The quantitative estimate of drug-likeness (QED) is 0.882. The van der Waals surface area contributed by atoms with Gasteiger partial charge in [-0.1, -0.05) is 19.3 Å². The van der Waals surface area contributed by atoms with Crippen LogP contribution in [0.4, 0.5) is 0 Å². The molecule has 1 amide bonds. The SMILES string of the molecule is O=C([C@H]1CCCC1c1nc2c(cnn2C2CCCC2)c(=O)[nH]1)N1CCCCC1. The zero-order valence-electron chi connectivity index (χ0n) is 16.4. The first kappa shape index (κ1) is 17.9. The van der Waals surface area contributed by atoms with Crippen LogP contribution in [0.1, 0.15) is 82.0 Å². The molecule has 3 aliphatic rings. The van der Waals surface area contributed by atoms with Crippen LogP contribution in [0.15, 0.2) is 11.0 Å². The Hall–Kier alpha value is -2.18. The molecule has 150 valence electrons. The number of rotatable bonds is 3. The number of nitrogens with one attached hydrogen (secondary N) is 1. The smallest absolute Gasteiger partial charge is 0.262 e. The number of fused-ring (bicyclic) bond motifs is 1. The maximum atomic E-state index is 13.1. The fraction of sp³-hybridized carbons (Fsp3) is 0.714. The summed E-state index contributed by atoms with van der Waals surface area (Å²) in [4.78, 5) is 35.8. The Bertz CT molecular complexity index is 921. The molecule has 3 heterocycles. The minimum atomic E-state index is -0.125. The first-order chi connectivity index (χ1) is 13.7. The molecular weight excluding hydrogens is 354 g/mol. The normalized spacial score (nSPS) is 26.4. The van der Waals surface area contributed by atoms with Gasteiger partial charge in [0.15, 0.2) is 5.65 Å². The summed E-state index contributed by atoms with van der Waals surface area (Å²) >= 11 is 0. The summed E-state index contributed by atoms with van der Waals surface area (Å²) in [7, 11) is 0. The van der Waals surface area contributed by atoms with Crippen LogP contribution in [0.25, 0.3) is 11.0 Å². The number of carbonyl (C=O) groups excluding carboxylic acids is 1. The molecule has 0 spiro atoms. The van der Waals surface area contributed by atoms with Crippen molar-refractivity contribution >= 4 is 16.9 Å². The van der Waals surface area contributed by atoms with E-state index in [0.29, 0.717) is 22.9 Å². The first-order valence-electron chi connectivity index (χ1n) is 11.0. The summed E-state index contributed by atoms with van der Waals surface area (Å²) in [5, 5.41) is 5.06. The molecule has 3 fully saturated rings. The van der Waals surface area contributed by atoms with E-state index in [1.807, 2.05) is 9.58 Å². The number of amides is 1. The number of hydrogen-bond donors (Lipinski definition) is 1. The summed E-state index contributed by atoms with van der Waals surface area (Å²) in [6, 6.07) is 0.342. The maximum absolute atomic E-state index is 13.1. The van der Waals surface area contributed by atoms with Crippen molar-refractivity contribution in [2.75, 3.05) is 13.1 Å². The van der Waals surface area contributed by atoms with Crippen LogP contribution in [0.2, 0.25) is 0 Å². The van der Waals surface area contributed by atoms with Gasteiger partial charge in [-0.3, -0.25) is 9.59 Å². The highest BCUT2D eigenvalue weighted by Crippen LogP contribution is 2.40. The zero-order chi connectivity index (χ0) is 19.1. The number of aromatic nitrogens is 4. The van der Waals surface area contributed by atoms with Crippen LogP contribution in [0.5, 0.6) is 0 Å². The summed E-state index contributed by atoms with van der Waals surface area (Å²) in [5.41, 5.74) is 0.571. The fourth-order valence-corrected chi connectivity index (χ4v) is 5.48. The Labute approximate surface area is 164 Å². The van der Waals surface area contributed by atoms with Gasteiger partial charge in [0.25, 0.3) is 5.56 Å². The summed E-state index contributed by atoms with van der Waals surface area (Å²) in [6.07, 6.45) is 12.5. The van der Waals surface area contributed by atoms with Gasteiger partial charge in [0, 0.05) is 24.9 Å². The van der Waals surface area contributed by atoms with Crippen LogP contribution in [-0.2, 0) is 4.79 Å². The highest BCUT2D eigenvalue weighted by molar-refractivity contribution is 5.80. The van der Waals surface area contributed by atoms with Crippen LogP contribution in [-0.4, -0.2) is 43.6 Å². The second-order valence-corrected chi connectivity index (χ2v) is 8.75. The molecule has 28 heavy (non-hydrogen) atoms. The van der Waals surface area contributed by atoms with E-state index in [1.54, 1.807) is 6.20 Å². The molecule has 0 bridgehead atoms. The molecule has 0 radical (unpaired) electrons. The lowest BCUT2D eigenvalue weighted by Crippen LogP contribution is -2.40. The van der Waals surface area contributed by atoms with Crippen molar-refractivity contribution in [3.8, 4) is 0 Å². The van der Waals surface area contributed by atoms with Crippen LogP contribution >= 0.6 is 0 Å². The van der Waals surface area contributed by atoms with E-state index in [1.165, 1.54) is 19.3 Å². The topological polar surface area (TPSA) is 83.9 Å². The molecule has 1 unspecified atom stereocenters. The van der Waals surface area contributed by atoms with E-state index in [0.717, 1.165) is 58.0 Å². The lowest BCUT2D eigenvalue weighted by molar-refractivity contribution is -0.136. The third-order valence-electron chi connectivity index (χ3n) is 7.00. The van der Waals surface area contributed by atoms with E-state index in [4.69, 9.17) is 4.98 Å². The molecule has 2 atom stereocenters. The van der Waals surface area contributed by atoms with Crippen molar-refractivity contribution in [2.45, 2.75) is 76.2 Å². The minimum absolute atomic E-state index is 0.0125. The summed E-state index contributed by atoms with van der Waals surface area (Å²) in [5.74, 6) is 0.902. The number of hydrogen-bond acceptors (Lipinski definition) is 4. The largest absolute Gasteiger partial charge is 0.342 e. The van der Waals surface area contributed by atoms with Crippen LogP contribution in [0, 0.1) is 5.92 Å². The fourth-order valence-electron chi connectivity index (χ4n) is 5.48. The van der Waals surface area contributed by atoms with Gasteiger partial charge in [-0.05, 0) is 44.9 Å². The predicted molar refractivity (Wildman–Crippen MR) is 106 cm³/mol. The monoisotopic (exact) mass is 383 g/mol. The van der Waals surface area contributed by atoms with Crippen molar-refractivity contribution in [2.24, 2.45) is 5.92 Å². The van der Waals surface area contributed by atoms with Crippen molar-refractivity contribution in [1.82, 2.24) is 24.6 Å². The molecule has 7 heteroatoms. The van der Waals surface area contributed by atoms with Crippen LogP contribution < -0.4 is 5.56 Å². The maximum Gasteiger partial charge on any atom is 0.262 e. The Balaban J connectivity index is 1.48. The van der Waals surface area contributed by atoms with E-state index in [9.17, 15) is 9.59 Å². The molecular formula is C21H29N5O2. The highest BCUT2D eigenvalue weighted by atomic mass is 16.2. The van der Waals surface area contributed by atoms with Gasteiger partial charge < -0.3 is 9.88 Å². The lowest BCUT2D eigenvalue weighted by Gasteiger charge is -2.31. The Kier molecular flexibility index (Phi) is 4.69. The van der Waals surface area contributed by atoms with Gasteiger partial charge in [-0.2, -0.15) is 5.10 Å². The van der Waals surface area contributed by atoms with E-state index >= 15 is 0 Å². The molecule has 2 aromatic rings. The molecule has 1 aliphatic heterocycles. The number of piperidine rings is 1. The Morgan fingerprint density at radius 2 is 1.79 bits per heavy atom. The van der Waals surface area contributed by atoms with Crippen LogP contribution in [0.3, 0.4) is 0 Å². The van der Waals surface area contributed by atoms with Gasteiger partial charge in [0.2, 0.25) is 5.91 Å². The molecule has 1 saturated heterocycles. The van der Waals surface area contributed by atoms with Crippen molar-refractivity contribution in [1.29, 1.82) is 0 Å². The van der Waals surface area contributed by atoms with Crippen molar-refractivity contribution in [3.63, 3.8) is 0 Å². The molecule has 2 saturated carbocycles. The zero-order valence-corrected chi connectivity index (χ0v) is 16.4. The number of likely N-dealkylation sites (tertiary alicyclic amines) is 1. The second kappa shape index (κ2) is 7.33. The van der Waals surface area contributed by atoms with Crippen molar-refractivity contribution in [3.05, 3.63) is 22.4 Å². The third-order valence-corrected chi connectivity index (χ3v) is 7.00. The number of nitrogens with zero attached hydrogens (tertiary/aromatic N) is 4. The number of carbonyl (C=O) groups is 1.